The van der Waals surface area contributed by atoms with Crippen LogP contribution >= 0.6 is 11.6 Å². The number of amides is 2. The van der Waals surface area contributed by atoms with Gasteiger partial charge in [-0.2, -0.15) is 0 Å². The van der Waals surface area contributed by atoms with Gasteiger partial charge in [0.1, 0.15) is 0 Å². The average Bonchev–Trinajstić information content (AvgIpc) is 2.64. The summed E-state index contributed by atoms with van der Waals surface area (Å²) >= 11 is 5.98. The van der Waals surface area contributed by atoms with E-state index in [4.69, 9.17) is 21.1 Å². The van der Waals surface area contributed by atoms with E-state index >= 15 is 0 Å². The van der Waals surface area contributed by atoms with Crippen LogP contribution < -0.4 is 14.8 Å². The predicted octanol–water partition coefficient (Wildman–Crippen LogP) is 3.39. The molecule has 2 aromatic carbocycles. The molecule has 0 bridgehead atoms. The maximum Gasteiger partial charge on any atom is 0.243 e. The zero-order chi connectivity index (χ0) is 19.8. The van der Waals surface area contributed by atoms with Crippen LogP contribution in [0.15, 0.2) is 42.5 Å². The maximum atomic E-state index is 12.3. The van der Waals surface area contributed by atoms with Crippen molar-refractivity contribution in [2.75, 3.05) is 32.6 Å². The number of nitrogens with zero attached hydrogens (tertiary/aromatic N) is 1. The van der Waals surface area contributed by atoms with Crippen molar-refractivity contribution < 1.29 is 19.1 Å². The number of anilines is 1. The van der Waals surface area contributed by atoms with Gasteiger partial charge in [-0.05, 0) is 36.2 Å². The van der Waals surface area contributed by atoms with Crippen LogP contribution in [0.1, 0.15) is 12.5 Å². The smallest absolute Gasteiger partial charge is 0.243 e. The first-order valence-electron chi connectivity index (χ1n) is 8.44. The van der Waals surface area contributed by atoms with Crippen molar-refractivity contribution in [3.63, 3.8) is 0 Å². The summed E-state index contributed by atoms with van der Waals surface area (Å²) in [5.41, 5.74) is 1.57. The molecule has 2 amide bonds. The summed E-state index contributed by atoms with van der Waals surface area (Å²) < 4.78 is 10.4. The van der Waals surface area contributed by atoms with Crippen molar-refractivity contribution in [2.24, 2.45) is 0 Å². The van der Waals surface area contributed by atoms with Crippen LogP contribution in [-0.2, 0) is 16.0 Å². The van der Waals surface area contributed by atoms with Crippen molar-refractivity contribution in [1.29, 1.82) is 0 Å². The summed E-state index contributed by atoms with van der Waals surface area (Å²) in [6.45, 7) is 1.83. The Hall–Kier alpha value is -2.73. The molecule has 0 aromatic heterocycles. The van der Waals surface area contributed by atoms with Crippen LogP contribution in [0.5, 0.6) is 11.5 Å². The lowest BCUT2D eigenvalue weighted by Crippen LogP contribution is -2.38. The molecule has 0 spiro atoms. The van der Waals surface area contributed by atoms with Crippen molar-refractivity contribution in [3.8, 4) is 11.5 Å². The van der Waals surface area contributed by atoms with Gasteiger partial charge in [-0.15, -0.1) is 0 Å². The average molecular weight is 391 g/mol. The Morgan fingerprint density at radius 3 is 2.44 bits per heavy atom. The van der Waals surface area contributed by atoms with Crippen LogP contribution in [0.3, 0.4) is 0 Å². The van der Waals surface area contributed by atoms with Crippen LogP contribution in [0.2, 0.25) is 5.02 Å². The van der Waals surface area contributed by atoms with Gasteiger partial charge in [0.2, 0.25) is 11.8 Å². The topological polar surface area (TPSA) is 67.9 Å². The molecule has 2 aromatic rings. The second kappa shape index (κ2) is 9.83. The molecule has 0 aliphatic heterocycles. The van der Waals surface area contributed by atoms with Gasteiger partial charge in [0.25, 0.3) is 0 Å². The fourth-order valence-corrected chi connectivity index (χ4v) is 2.81. The first kappa shape index (κ1) is 20.6. The largest absolute Gasteiger partial charge is 0.493 e. The molecule has 0 saturated carbocycles. The van der Waals surface area contributed by atoms with Crippen molar-refractivity contribution >= 4 is 29.1 Å². The molecular formula is C20H23ClN2O4. The highest BCUT2D eigenvalue weighted by Gasteiger charge is 2.15. The SMILES string of the molecule is COc1ccc(NC(=O)CN(CCc2cccc(Cl)c2)C(C)=O)cc1OC. The van der Waals surface area contributed by atoms with Crippen molar-refractivity contribution in [1.82, 2.24) is 4.90 Å². The summed E-state index contributed by atoms with van der Waals surface area (Å²) in [5, 5.41) is 3.42. The van der Waals surface area contributed by atoms with E-state index < -0.39 is 0 Å². The highest BCUT2D eigenvalue weighted by Crippen LogP contribution is 2.29. The van der Waals surface area contributed by atoms with E-state index in [-0.39, 0.29) is 18.4 Å². The number of carbonyl (C=O) groups excluding carboxylic acids is 2. The van der Waals surface area contributed by atoms with E-state index in [0.717, 1.165) is 5.56 Å². The lowest BCUT2D eigenvalue weighted by molar-refractivity contribution is -0.132. The molecule has 0 heterocycles. The molecule has 0 aliphatic carbocycles. The molecule has 7 heteroatoms. The molecule has 0 atom stereocenters. The summed E-state index contributed by atoms with van der Waals surface area (Å²) in [6, 6.07) is 12.5. The van der Waals surface area contributed by atoms with E-state index in [1.54, 1.807) is 31.4 Å². The fourth-order valence-electron chi connectivity index (χ4n) is 2.59. The number of ether oxygens (including phenoxy) is 2. The highest BCUT2D eigenvalue weighted by atomic mass is 35.5. The molecular weight excluding hydrogens is 368 g/mol. The second-order valence-corrected chi connectivity index (χ2v) is 6.37. The summed E-state index contributed by atoms with van der Waals surface area (Å²) in [7, 11) is 3.07. The number of carbonyl (C=O) groups is 2. The van der Waals surface area contributed by atoms with E-state index in [9.17, 15) is 9.59 Å². The van der Waals surface area contributed by atoms with Crippen LogP contribution in [0.4, 0.5) is 5.69 Å². The van der Waals surface area contributed by atoms with Gasteiger partial charge in [0.15, 0.2) is 11.5 Å². The van der Waals surface area contributed by atoms with Crippen molar-refractivity contribution in [2.45, 2.75) is 13.3 Å². The summed E-state index contributed by atoms with van der Waals surface area (Å²) in [4.78, 5) is 25.7. The number of rotatable bonds is 8. The molecule has 27 heavy (non-hydrogen) atoms. The Kier molecular flexibility index (Phi) is 7.49. The van der Waals surface area contributed by atoms with Crippen LogP contribution in [0.25, 0.3) is 0 Å². The number of hydrogen-bond donors (Lipinski definition) is 1. The molecule has 0 unspecified atom stereocenters. The minimum Gasteiger partial charge on any atom is -0.493 e. The monoisotopic (exact) mass is 390 g/mol. The molecule has 1 N–H and O–H groups in total. The standard InChI is InChI=1S/C20H23ClN2O4/c1-14(24)23(10-9-15-5-4-6-16(21)11-15)13-20(25)22-17-7-8-18(26-2)19(12-17)27-3/h4-8,11-12H,9-10,13H2,1-3H3,(H,22,25). The number of benzene rings is 2. The normalized spacial score (nSPS) is 10.2. The van der Waals surface area contributed by atoms with Gasteiger partial charge in [-0.1, -0.05) is 23.7 Å². The van der Waals surface area contributed by atoms with Gasteiger partial charge >= 0.3 is 0 Å². The number of nitrogens with one attached hydrogen (secondary N) is 1. The fraction of sp³-hybridized carbons (Fsp3) is 0.300. The molecule has 0 radical (unpaired) electrons. The quantitative estimate of drug-likeness (QED) is 0.750. The zero-order valence-corrected chi connectivity index (χ0v) is 16.4. The number of hydrogen-bond acceptors (Lipinski definition) is 4. The second-order valence-electron chi connectivity index (χ2n) is 5.94. The highest BCUT2D eigenvalue weighted by molar-refractivity contribution is 6.30. The van der Waals surface area contributed by atoms with Crippen molar-refractivity contribution in [3.05, 3.63) is 53.1 Å². The Labute approximate surface area is 164 Å². The minimum atomic E-state index is -0.288. The zero-order valence-electron chi connectivity index (χ0n) is 15.6. The Bertz CT molecular complexity index is 810. The molecule has 2 rings (SSSR count). The summed E-state index contributed by atoms with van der Waals surface area (Å²) in [6.07, 6.45) is 0.615. The van der Waals surface area contributed by atoms with E-state index in [1.807, 2.05) is 18.2 Å². The van der Waals surface area contributed by atoms with Gasteiger partial charge in [-0.25, -0.2) is 0 Å². The number of methoxy groups -OCH3 is 2. The lowest BCUT2D eigenvalue weighted by Gasteiger charge is -2.21. The molecule has 144 valence electrons. The van der Waals surface area contributed by atoms with Crippen LogP contribution in [-0.4, -0.2) is 44.0 Å². The van der Waals surface area contributed by atoms with Gasteiger partial charge in [-0.3, -0.25) is 9.59 Å². The Morgan fingerprint density at radius 2 is 1.81 bits per heavy atom. The Balaban J connectivity index is 1.97. The Morgan fingerprint density at radius 1 is 1.07 bits per heavy atom. The third kappa shape index (κ3) is 6.18. The van der Waals surface area contributed by atoms with Gasteiger partial charge < -0.3 is 19.7 Å². The van der Waals surface area contributed by atoms with Gasteiger partial charge in [0.05, 0.1) is 20.8 Å². The first-order chi connectivity index (χ1) is 12.9. The van der Waals surface area contributed by atoms with E-state index in [1.165, 1.54) is 18.9 Å². The third-order valence-electron chi connectivity index (χ3n) is 4.01. The van der Waals surface area contributed by atoms with E-state index in [0.29, 0.717) is 35.2 Å². The van der Waals surface area contributed by atoms with Gasteiger partial charge in [0, 0.05) is 30.2 Å². The molecule has 0 saturated heterocycles. The number of halogens is 1. The molecule has 0 fully saturated rings. The van der Waals surface area contributed by atoms with E-state index in [2.05, 4.69) is 5.32 Å². The first-order valence-corrected chi connectivity index (χ1v) is 8.82. The lowest BCUT2D eigenvalue weighted by atomic mass is 10.1. The molecule has 6 nitrogen and oxygen atoms in total. The minimum absolute atomic E-state index is 0.0375. The predicted molar refractivity (Wildman–Crippen MR) is 106 cm³/mol. The third-order valence-corrected chi connectivity index (χ3v) is 4.24. The van der Waals surface area contributed by atoms with Crippen LogP contribution in [0, 0.1) is 0 Å². The summed E-state index contributed by atoms with van der Waals surface area (Å²) in [5.74, 6) is 0.630. The molecule has 0 aliphatic rings. The maximum absolute atomic E-state index is 12.3.